The minimum atomic E-state index is 0.512. The number of rotatable bonds is 8. The third-order valence-electron chi connectivity index (χ3n) is 4.01. The van der Waals surface area contributed by atoms with Gasteiger partial charge in [-0.05, 0) is 43.5 Å². The van der Waals surface area contributed by atoms with Crippen LogP contribution >= 0.6 is 0 Å². The summed E-state index contributed by atoms with van der Waals surface area (Å²) in [5.74, 6) is 1.56. The van der Waals surface area contributed by atoms with Crippen LogP contribution in [0.25, 0.3) is 0 Å². The number of ether oxygens (including phenoxy) is 2. The van der Waals surface area contributed by atoms with Crippen LogP contribution in [0, 0.1) is 6.92 Å². The highest BCUT2D eigenvalue weighted by Crippen LogP contribution is 2.29. The van der Waals surface area contributed by atoms with Crippen molar-refractivity contribution in [3.05, 3.63) is 59.2 Å². The molecule has 0 saturated carbocycles. The molecule has 0 saturated heterocycles. The van der Waals surface area contributed by atoms with Crippen LogP contribution in [0.3, 0.4) is 0 Å². The van der Waals surface area contributed by atoms with Gasteiger partial charge in [-0.2, -0.15) is 0 Å². The minimum absolute atomic E-state index is 0.512. The lowest BCUT2D eigenvalue weighted by molar-refractivity contribution is 0.284. The summed E-state index contributed by atoms with van der Waals surface area (Å²) < 4.78 is 11.4. The summed E-state index contributed by atoms with van der Waals surface area (Å²) in [6.07, 6.45) is 1.12. The summed E-state index contributed by atoms with van der Waals surface area (Å²) in [7, 11) is 1.68. The Hall–Kier alpha value is -2.00. The molecule has 0 heterocycles. The molecule has 23 heavy (non-hydrogen) atoms. The highest BCUT2D eigenvalue weighted by atomic mass is 16.5. The van der Waals surface area contributed by atoms with E-state index in [9.17, 15) is 0 Å². The van der Waals surface area contributed by atoms with E-state index in [1.807, 2.05) is 12.1 Å². The number of hydrogen-bond donors (Lipinski definition) is 1. The Bertz CT molecular complexity index is 608. The zero-order valence-corrected chi connectivity index (χ0v) is 14.6. The summed E-state index contributed by atoms with van der Waals surface area (Å²) in [6, 6.07) is 15.0. The summed E-state index contributed by atoms with van der Waals surface area (Å²) in [4.78, 5) is 0. The molecule has 3 heteroatoms. The Labute approximate surface area is 139 Å². The van der Waals surface area contributed by atoms with Gasteiger partial charge in [-0.1, -0.05) is 42.8 Å². The second-order valence-electron chi connectivity index (χ2n) is 5.95. The van der Waals surface area contributed by atoms with Gasteiger partial charge >= 0.3 is 0 Å². The Morgan fingerprint density at radius 1 is 1.00 bits per heavy atom. The molecule has 3 nitrogen and oxygen atoms in total. The molecule has 0 aliphatic rings. The van der Waals surface area contributed by atoms with Gasteiger partial charge in [0.25, 0.3) is 0 Å². The molecule has 2 rings (SSSR count). The Kier molecular flexibility index (Phi) is 6.48. The van der Waals surface area contributed by atoms with Crippen molar-refractivity contribution in [1.82, 2.24) is 5.32 Å². The Morgan fingerprint density at radius 2 is 1.70 bits per heavy atom. The molecule has 0 unspecified atom stereocenters. The van der Waals surface area contributed by atoms with Gasteiger partial charge < -0.3 is 14.8 Å². The number of aryl methyl sites for hydroxylation is 1. The zero-order valence-electron chi connectivity index (χ0n) is 14.6. The summed E-state index contributed by atoms with van der Waals surface area (Å²) in [5, 5.41) is 3.49. The first-order chi connectivity index (χ1) is 11.1. The first-order valence-electron chi connectivity index (χ1n) is 8.21. The van der Waals surface area contributed by atoms with Crippen LogP contribution in [0.2, 0.25) is 0 Å². The maximum Gasteiger partial charge on any atom is 0.161 e. The molecule has 2 aromatic rings. The average Bonchev–Trinajstić information content (AvgIpc) is 2.59. The van der Waals surface area contributed by atoms with Gasteiger partial charge in [0, 0.05) is 12.6 Å². The van der Waals surface area contributed by atoms with Crippen molar-refractivity contribution in [3.63, 3.8) is 0 Å². The fourth-order valence-electron chi connectivity index (χ4n) is 2.22. The summed E-state index contributed by atoms with van der Waals surface area (Å²) in [6.45, 7) is 7.83. The van der Waals surface area contributed by atoms with Gasteiger partial charge in [-0.15, -0.1) is 0 Å². The molecular formula is C20H27NO2. The van der Waals surface area contributed by atoms with Gasteiger partial charge in [-0.3, -0.25) is 0 Å². The molecule has 0 aliphatic carbocycles. The second kappa shape index (κ2) is 8.59. The van der Waals surface area contributed by atoms with Gasteiger partial charge in [-0.25, -0.2) is 0 Å². The van der Waals surface area contributed by atoms with Crippen LogP contribution in [-0.4, -0.2) is 13.2 Å². The molecule has 0 bridgehead atoms. The second-order valence-corrected chi connectivity index (χ2v) is 5.95. The van der Waals surface area contributed by atoms with Crippen LogP contribution in [0.15, 0.2) is 42.5 Å². The van der Waals surface area contributed by atoms with E-state index >= 15 is 0 Å². The zero-order chi connectivity index (χ0) is 16.7. The van der Waals surface area contributed by atoms with Gasteiger partial charge in [0.2, 0.25) is 0 Å². The Morgan fingerprint density at radius 3 is 2.35 bits per heavy atom. The molecular weight excluding hydrogens is 286 g/mol. The van der Waals surface area contributed by atoms with Crippen molar-refractivity contribution in [3.8, 4) is 11.5 Å². The first-order valence-corrected chi connectivity index (χ1v) is 8.21. The quantitative estimate of drug-likeness (QED) is 0.780. The lowest BCUT2D eigenvalue weighted by atomic mass is 10.1. The molecule has 0 fully saturated rings. The third kappa shape index (κ3) is 5.29. The van der Waals surface area contributed by atoms with Gasteiger partial charge in [0.05, 0.1) is 7.11 Å². The minimum Gasteiger partial charge on any atom is -0.493 e. The van der Waals surface area contributed by atoms with Crippen LogP contribution in [0.1, 0.15) is 37.0 Å². The molecule has 2 aromatic carbocycles. The van der Waals surface area contributed by atoms with Crippen LogP contribution in [0.4, 0.5) is 0 Å². The van der Waals surface area contributed by atoms with E-state index in [4.69, 9.17) is 9.47 Å². The van der Waals surface area contributed by atoms with Crippen molar-refractivity contribution in [1.29, 1.82) is 0 Å². The summed E-state index contributed by atoms with van der Waals surface area (Å²) in [5.41, 5.74) is 3.61. The van der Waals surface area contributed by atoms with E-state index in [1.165, 1.54) is 11.1 Å². The van der Waals surface area contributed by atoms with Crippen LogP contribution in [-0.2, 0) is 13.2 Å². The topological polar surface area (TPSA) is 30.5 Å². The van der Waals surface area contributed by atoms with E-state index in [1.54, 1.807) is 7.11 Å². The van der Waals surface area contributed by atoms with Crippen LogP contribution < -0.4 is 14.8 Å². The van der Waals surface area contributed by atoms with Crippen molar-refractivity contribution >= 4 is 0 Å². The molecule has 124 valence electrons. The standard InChI is InChI=1S/C20H27NO2/c1-5-16(3)21-13-18-10-11-19(20(12-18)22-4)23-14-17-8-6-15(2)7-9-17/h6-12,16,21H,5,13-14H2,1-4H3/t16-/m0/s1. The highest BCUT2D eigenvalue weighted by molar-refractivity contribution is 5.43. The van der Waals surface area contributed by atoms with Crippen molar-refractivity contribution in [2.45, 2.75) is 46.4 Å². The Balaban J connectivity index is 1.99. The largest absolute Gasteiger partial charge is 0.493 e. The van der Waals surface area contributed by atoms with E-state index in [0.29, 0.717) is 12.6 Å². The summed E-state index contributed by atoms with van der Waals surface area (Å²) >= 11 is 0. The molecule has 0 spiro atoms. The van der Waals surface area contributed by atoms with Crippen molar-refractivity contribution in [2.75, 3.05) is 7.11 Å². The molecule has 0 amide bonds. The fraction of sp³-hybridized carbons (Fsp3) is 0.400. The lowest BCUT2D eigenvalue weighted by Crippen LogP contribution is -2.24. The van der Waals surface area contributed by atoms with Gasteiger partial charge in [0.1, 0.15) is 6.61 Å². The molecule has 0 aliphatic heterocycles. The molecule has 1 atom stereocenters. The lowest BCUT2D eigenvalue weighted by Gasteiger charge is -2.14. The predicted octanol–water partition coefficient (Wildman–Crippen LogP) is 4.47. The maximum atomic E-state index is 5.91. The van der Waals surface area contributed by atoms with E-state index < -0.39 is 0 Å². The fourth-order valence-corrected chi connectivity index (χ4v) is 2.22. The SMILES string of the molecule is CC[C@H](C)NCc1ccc(OCc2ccc(C)cc2)c(OC)c1. The van der Waals surface area contributed by atoms with Crippen LogP contribution in [0.5, 0.6) is 11.5 Å². The van der Waals surface area contributed by atoms with Gasteiger partial charge in [0.15, 0.2) is 11.5 Å². The number of benzene rings is 2. The number of hydrogen-bond acceptors (Lipinski definition) is 3. The molecule has 0 aromatic heterocycles. The predicted molar refractivity (Wildman–Crippen MR) is 95.1 cm³/mol. The maximum absolute atomic E-state index is 5.91. The smallest absolute Gasteiger partial charge is 0.161 e. The number of nitrogens with one attached hydrogen (secondary N) is 1. The van der Waals surface area contributed by atoms with E-state index in [0.717, 1.165) is 30.0 Å². The van der Waals surface area contributed by atoms with Crippen molar-refractivity contribution < 1.29 is 9.47 Å². The highest BCUT2D eigenvalue weighted by Gasteiger charge is 2.07. The first kappa shape index (κ1) is 17.4. The number of methoxy groups -OCH3 is 1. The third-order valence-corrected chi connectivity index (χ3v) is 4.01. The van der Waals surface area contributed by atoms with Crippen molar-refractivity contribution in [2.24, 2.45) is 0 Å². The van der Waals surface area contributed by atoms with E-state index in [-0.39, 0.29) is 0 Å². The monoisotopic (exact) mass is 313 g/mol. The molecule has 1 N–H and O–H groups in total. The average molecular weight is 313 g/mol. The van der Waals surface area contributed by atoms with E-state index in [2.05, 4.69) is 56.4 Å². The molecule has 0 radical (unpaired) electrons. The normalized spacial score (nSPS) is 12.0.